The van der Waals surface area contributed by atoms with Crippen molar-refractivity contribution in [3.8, 4) is 11.5 Å². The highest BCUT2D eigenvalue weighted by atomic mass is 32.2. The van der Waals surface area contributed by atoms with Crippen molar-refractivity contribution in [3.63, 3.8) is 0 Å². The Bertz CT molecular complexity index is 1130. The van der Waals surface area contributed by atoms with Crippen molar-refractivity contribution in [2.45, 2.75) is 23.1 Å². The van der Waals surface area contributed by atoms with Crippen LogP contribution in [0.25, 0.3) is 0 Å². The molecule has 0 aliphatic carbocycles. The molecule has 5 nitrogen and oxygen atoms in total. The topological polar surface area (TPSA) is 63.7 Å². The lowest BCUT2D eigenvalue weighted by molar-refractivity contribution is -0.128. The summed E-state index contributed by atoms with van der Waals surface area (Å²) >= 11 is 1.57. The average Bonchev–Trinajstić information content (AvgIpc) is 3.15. The van der Waals surface area contributed by atoms with Gasteiger partial charge in [-0.2, -0.15) is 11.8 Å². The van der Waals surface area contributed by atoms with Gasteiger partial charge in [-0.05, 0) is 42.0 Å². The number of hydrogen-bond acceptors (Lipinski definition) is 5. The number of hydrogen-bond donors (Lipinski definition) is 0. The summed E-state index contributed by atoms with van der Waals surface area (Å²) in [4.78, 5) is 14.6. The van der Waals surface area contributed by atoms with Crippen LogP contribution in [0.5, 0.6) is 11.5 Å². The lowest BCUT2D eigenvalue weighted by Crippen LogP contribution is -2.25. The summed E-state index contributed by atoms with van der Waals surface area (Å²) < 4.78 is 30.6. The molecule has 0 bridgehead atoms. The minimum atomic E-state index is -3.29. The van der Waals surface area contributed by atoms with Gasteiger partial charge in [0, 0.05) is 30.5 Å². The number of thioether (sulfide) groups is 1. The molecule has 1 unspecified atom stereocenters. The van der Waals surface area contributed by atoms with Crippen LogP contribution in [0.3, 0.4) is 0 Å². The normalized spacial score (nSPS) is 16.3. The second kappa shape index (κ2) is 10.2. The molecule has 1 fully saturated rings. The second-order valence-corrected chi connectivity index (χ2v) is 11.2. The van der Waals surface area contributed by atoms with Gasteiger partial charge in [-0.1, -0.05) is 48.5 Å². The molecule has 166 valence electrons. The molecule has 0 aromatic heterocycles. The van der Waals surface area contributed by atoms with E-state index in [0.29, 0.717) is 30.2 Å². The van der Waals surface area contributed by atoms with Gasteiger partial charge in [0.15, 0.2) is 9.84 Å². The van der Waals surface area contributed by atoms with Crippen molar-refractivity contribution in [2.75, 3.05) is 18.1 Å². The molecule has 3 aromatic carbocycles. The Balaban J connectivity index is 1.26. The number of para-hydroxylation sites is 1. The Morgan fingerprint density at radius 2 is 1.50 bits per heavy atom. The Hall–Kier alpha value is -2.77. The third-order valence-corrected chi connectivity index (χ3v) is 8.48. The SMILES string of the molecule is O=C1CC(SCCS(=O)(=O)c2ccccc2)CN1Cc1ccc(Oc2ccccc2)cc1. The van der Waals surface area contributed by atoms with Crippen molar-refractivity contribution in [1.82, 2.24) is 4.90 Å². The minimum absolute atomic E-state index is 0.0786. The van der Waals surface area contributed by atoms with Crippen molar-refractivity contribution in [2.24, 2.45) is 0 Å². The molecule has 0 radical (unpaired) electrons. The number of amides is 1. The molecule has 0 N–H and O–H groups in total. The summed E-state index contributed by atoms with van der Waals surface area (Å²) in [6, 6.07) is 25.9. The van der Waals surface area contributed by atoms with Crippen molar-refractivity contribution in [3.05, 3.63) is 90.5 Å². The molecule has 7 heteroatoms. The van der Waals surface area contributed by atoms with Crippen LogP contribution in [-0.4, -0.2) is 42.5 Å². The molecule has 1 heterocycles. The molecule has 1 amide bonds. The monoisotopic (exact) mass is 467 g/mol. The van der Waals surface area contributed by atoms with Gasteiger partial charge in [0.25, 0.3) is 0 Å². The van der Waals surface area contributed by atoms with Crippen LogP contribution in [0, 0.1) is 0 Å². The van der Waals surface area contributed by atoms with E-state index in [1.54, 1.807) is 42.1 Å². The van der Waals surface area contributed by atoms with E-state index in [2.05, 4.69) is 0 Å². The summed E-state index contributed by atoms with van der Waals surface area (Å²) in [7, 11) is -3.29. The Labute approximate surface area is 193 Å². The van der Waals surface area contributed by atoms with Gasteiger partial charge in [0.2, 0.25) is 5.91 Å². The van der Waals surface area contributed by atoms with Crippen LogP contribution in [0.1, 0.15) is 12.0 Å². The van der Waals surface area contributed by atoms with E-state index in [1.165, 1.54) is 0 Å². The highest BCUT2D eigenvalue weighted by Crippen LogP contribution is 2.27. The molecule has 1 saturated heterocycles. The van der Waals surface area contributed by atoms with Gasteiger partial charge in [-0.3, -0.25) is 4.79 Å². The molecule has 0 spiro atoms. The fourth-order valence-corrected chi connectivity index (χ4v) is 6.53. The quantitative estimate of drug-likeness (QED) is 0.453. The van der Waals surface area contributed by atoms with Gasteiger partial charge in [0.05, 0.1) is 10.6 Å². The molecule has 32 heavy (non-hydrogen) atoms. The number of carbonyl (C=O) groups excluding carboxylic acids is 1. The van der Waals surface area contributed by atoms with Gasteiger partial charge in [-0.25, -0.2) is 8.42 Å². The zero-order chi connectivity index (χ0) is 22.4. The van der Waals surface area contributed by atoms with Crippen LogP contribution in [0.2, 0.25) is 0 Å². The van der Waals surface area contributed by atoms with E-state index in [9.17, 15) is 13.2 Å². The third kappa shape index (κ3) is 5.93. The van der Waals surface area contributed by atoms with Crippen LogP contribution in [0.15, 0.2) is 89.8 Å². The highest BCUT2D eigenvalue weighted by Gasteiger charge is 2.30. The van der Waals surface area contributed by atoms with Crippen molar-refractivity contribution in [1.29, 1.82) is 0 Å². The maximum atomic E-state index is 12.4. The lowest BCUT2D eigenvalue weighted by atomic mass is 10.2. The number of rotatable bonds is 9. The summed E-state index contributed by atoms with van der Waals surface area (Å²) in [6.07, 6.45) is 0.450. The van der Waals surface area contributed by atoms with Gasteiger partial charge >= 0.3 is 0 Å². The lowest BCUT2D eigenvalue weighted by Gasteiger charge is -2.17. The number of ether oxygens (including phenoxy) is 1. The van der Waals surface area contributed by atoms with Crippen molar-refractivity contribution >= 4 is 27.5 Å². The Kier molecular flexibility index (Phi) is 7.17. The second-order valence-electron chi connectivity index (χ2n) is 7.66. The highest BCUT2D eigenvalue weighted by molar-refractivity contribution is 8.01. The first-order valence-corrected chi connectivity index (χ1v) is 13.2. The third-order valence-electron chi connectivity index (χ3n) is 5.26. The summed E-state index contributed by atoms with van der Waals surface area (Å²) in [5.74, 6) is 2.20. The maximum absolute atomic E-state index is 12.4. The molecule has 1 aliphatic rings. The summed E-state index contributed by atoms with van der Waals surface area (Å²) in [6.45, 7) is 1.18. The maximum Gasteiger partial charge on any atom is 0.224 e. The number of nitrogens with zero attached hydrogens (tertiary/aromatic N) is 1. The summed E-state index contributed by atoms with van der Waals surface area (Å²) in [5.41, 5.74) is 1.04. The van der Waals surface area contributed by atoms with E-state index < -0.39 is 9.84 Å². The van der Waals surface area contributed by atoms with E-state index in [1.807, 2.05) is 59.5 Å². The van der Waals surface area contributed by atoms with Crippen LogP contribution < -0.4 is 4.74 Å². The first kappa shape index (κ1) is 22.4. The van der Waals surface area contributed by atoms with Crippen LogP contribution in [-0.2, 0) is 21.2 Å². The average molecular weight is 468 g/mol. The first-order valence-electron chi connectivity index (χ1n) is 10.5. The fraction of sp³-hybridized carbons (Fsp3) is 0.240. The van der Waals surface area contributed by atoms with Gasteiger partial charge in [-0.15, -0.1) is 0 Å². The molecule has 3 aromatic rings. The molecule has 0 saturated carbocycles. The fourth-order valence-electron chi connectivity index (χ4n) is 3.58. The molecule has 4 rings (SSSR count). The largest absolute Gasteiger partial charge is 0.457 e. The molecule has 1 aliphatic heterocycles. The smallest absolute Gasteiger partial charge is 0.224 e. The predicted molar refractivity (Wildman–Crippen MR) is 128 cm³/mol. The number of likely N-dealkylation sites (tertiary alicyclic amines) is 1. The number of carbonyl (C=O) groups is 1. The summed E-state index contributed by atoms with van der Waals surface area (Å²) in [5, 5.41) is 0.120. The van der Waals surface area contributed by atoms with E-state index in [4.69, 9.17) is 4.74 Å². The van der Waals surface area contributed by atoms with E-state index in [-0.39, 0.29) is 16.9 Å². The Morgan fingerprint density at radius 1 is 0.875 bits per heavy atom. The molecular weight excluding hydrogens is 442 g/mol. The number of sulfone groups is 1. The minimum Gasteiger partial charge on any atom is -0.457 e. The van der Waals surface area contributed by atoms with Gasteiger partial charge in [0.1, 0.15) is 11.5 Å². The van der Waals surface area contributed by atoms with E-state index in [0.717, 1.165) is 17.1 Å². The standard InChI is InChI=1S/C25H25NO4S2/c27-25-17-23(31-15-16-32(28,29)24-9-5-2-6-10-24)19-26(25)18-20-11-13-22(14-12-20)30-21-7-3-1-4-8-21/h1-14,23H,15-19H2. The Morgan fingerprint density at radius 3 is 2.19 bits per heavy atom. The van der Waals surface area contributed by atoms with Crippen LogP contribution >= 0.6 is 11.8 Å². The molecule has 1 atom stereocenters. The van der Waals surface area contributed by atoms with Gasteiger partial charge < -0.3 is 9.64 Å². The molecular formula is C25H25NO4S2. The zero-order valence-corrected chi connectivity index (χ0v) is 19.2. The zero-order valence-electron chi connectivity index (χ0n) is 17.6. The van der Waals surface area contributed by atoms with E-state index >= 15 is 0 Å². The predicted octanol–water partition coefficient (Wildman–Crippen LogP) is 4.79. The van der Waals surface area contributed by atoms with Crippen molar-refractivity contribution < 1.29 is 17.9 Å². The van der Waals surface area contributed by atoms with Crippen LogP contribution in [0.4, 0.5) is 0 Å². The number of benzene rings is 3. The first-order chi connectivity index (χ1) is 15.5.